The van der Waals surface area contributed by atoms with Gasteiger partial charge in [0.1, 0.15) is 5.60 Å². The van der Waals surface area contributed by atoms with Crippen LogP contribution in [0.5, 0.6) is 0 Å². The molecule has 0 spiro atoms. The zero-order valence-corrected chi connectivity index (χ0v) is 7.86. The number of nitrogens with zero attached hydrogens (tertiary/aromatic N) is 2. The molecule has 1 aliphatic carbocycles. The van der Waals surface area contributed by atoms with Crippen LogP contribution in [0.25, 0.3) is 0 Å². The molecule has 0 amide bonds. The Hall–Kier alpha value is -0.830. The van der Waals surface area contributed by atoms with Crippen LogP contribution in [-0.4, -0.2) is 15.9 Å². The van der Waals surface area contributed by atoms with E-state index in [9.17, 15) is 0 Å². The molecule has 1 saturated carbocycles. The van der Waals surface area contributed by atoms with Crippen molar-refractivity contribution in [2.75, 3.05) is 0 Å². The highest BCUT2D eigenvalue weighted by Crippen LogP contribution is 2.54. The van der Waals surface area contributed by atoms with Gasteiger partial charge in [0.15, 0.2) is 0 Å². The maximum atomic E-state index is 5.83. The molecule has 2 fully saturated rings. The molecule has 2 aliphatic rings. The summed E-state index contributed by atoms with van der Waals surface area (Å²) in [6, 6.07) is 2.09. The Labute approximate surface area is 77.7 Å². The van der Waals surface area contributed by atoms with Crippen LogP contribution in [0.2, 0.25) is 0 Å². The fourth-order valence-electron chi connectivity index (χ4n) is 2.59. The van der Waals surface area contributed by atoms with Crippen LogP contribution < -0.4 is 0 Å². The second-order valence-corrected chi connectivity index (χ2v) is 4.08. The Morgan fingerprint density at radius 3 is 3.23 bits per heavy atom. The van der Waals surface area contributed by atoms with Crippen LogP contribution in [0.4, 0.5) is 0 Å². The van der Waals surface area contributed by atoms with E-state index in [4.69, 9.17) is 4.74 Å². The van der Waals surface area contributed by atoms with Gasteiger partial charge in [0.25, 0.3) is 0 Å². The summed E-state index contributed by atoms with van der Waals surface area (Å²) >= 11 is 0. The van der Waals surface area contributed by atoms with Gasteiger partial charge in [-0.15, -0.1) is 0 Å². The standard InChI is InChI=1S/C10H14N2O/c1-12-8(5-7-11-12)10-6-3-2-4-9(10)13-10/h5,7,9H,2-4,6H2,1H3/t9-,10-/m1/s1. The van der Waals surface area contributed by atoms with Crippen LogP contribution in [0, 0.1) is 0 Å². The minimum atomic E-state index is 0.0590. The lowest BCUT2D eigenvalue weighted by Gasteiger charge is -2.16. The van der Waals surface area contributed by atoms with Gasteiger partial charge in [0.05, 0.1) is 11.8 Å². The van der Waals surface area contributed by atoms with Gasteiger partial charge >= 0.3 is 0 Å². The average Bonchev–Trinajstić information content (AvgIpc) is 2.74. The van der Waals surface area contributed by atoms with Crippen molar-refractivity contribution < 1.29 is 4.74 Å². The Balaban J connectivity index is 1.97. The summed E-state index contributed by atoms with van der Waals surface area (Å²) < 4.78 is 7.78. The molecular formula is C10H14N2O. The molecule has 3 heteroatoms. The van der Waals surface area contributed by atoms with Gasteiger partial charge in [-0.1, -0.05) is 6.42 Å². The molecule has 0 unspecified atom stereocenters. The van der Waals surface area contributed by atoms with E-state index >= 15 is 0 Å². The number of ether oxygens (including phenoxy) is 1. The molecule has 1 aromatic rings. The molecule has 0 bridgehead atoms. The molecule has 2 atom stereocenters. The van der Waals surface area contributed by atoms with Gasteiger partial charge in [0.2, 0.25) is 0 Å². The summed E-state index contributed by atoms with van der Waals surface area (Å²) in [6.07, 6.45) is 7.36. The first-order valence-corrected chi connectivity index (χ1v) is 4.99. The zero-order valence-electron chi connectivity index (χ0n) is 7.86. The molecule has 1 aliphatic heterocycles. The Morgan fingerprint density at radius 2 is 2.54 bits per heavy atom. The SMILES string of the molecule is Cn1nccc1[C@]12CCCC[C@H]1O2. The lowest BCUT2D eigenvalue weighted by molar-refractivity contribution is 0.277. The number of hydrogen-bond acceptors (Lipinski definition) is 2. The third-order valence-electron chi connectivity index (χ3n) is 3.33. The molecule has 3 rings (SSSR count). The first kappa shape index (κ1) is 7.56. The average molecular weight is 178 g/mol. The fraction of sp³-hybridized carbons (Fsp3) is 0.700. The highest BCUT2D eigenvalue weighted by atomic mass is 16.6. The predicted molar refractivity (Wildman–Crippen MR) is 48.2 cm³/mol. The van der Waals surface area contributed by atoms with Gasteiger partial charge in [-0.2, -0.15) is 5.10 Å². The normalized spacial score (nSPS) is 37.2. The lowest BCUT2D eigenvalue weighted by Crippen LogP contribution is -2.20. The van der Waals surface area contributed by atoms with Gasteiger partial charge < -0.3 is 4.74 Å². The topological polar surface area (TPSA) is 30.4 Å². The quantitative estimate of drug-likeness (QED) is 0.611. The van der Waals surface area contributed by atoms with E-state index in [1.807, 2.05) is 17.9 Å². The van der Waals surface area contributed by atoms with E-state index < -0.39 is 0 Å². The van der Waals surface area contributed by atoms with E-state index in [-0.39, 0.29) is 5.60 Å². The summed E-state index contributed by atoms with van der Waals surface area (Å²) in [4.78, 5) is 0. The lowest BCUT2D eigenvalue weighted by atomic mass is 9.87. The van der Waals surface area contributed by atoms with Gasteiger partial charge in [-0.3, -0.25) is 4.68 Å². The minimum Gasteiger partial charge on any atom is -0.359 e. The van der Waals surface area contributed by atoms with Crippen molar-refractivity contribution in [2.24, 2.45) is 7.05 Å². The van der Waals surface area contributed by atoms with Crippen molar-refractivity contribution in [2.45, 2.75) is 37.4 Å². The molecule has 3 nitrogen and oxygen atoms in total. The van der Waals surface area contributed by atoms with Crippen molar-refractivity contribution in [3.05, 3.63) is 18.0 Å². The molecule has 0 N–H and O–H groups in total. The molecule has 70 valence electrons. The molecule has 1 aromatic heterocycles. The zero-order chi connectivity index (χ0) is 8.89. The minimum absolute atomic E-state index is 0.0590. The van der Waals surface area contributed by atoms with E-state index in [2.05, 4.69) is 11.2 Å². The summed E-state index contributed by atoms with van der Waals surface area (Å²) in [6.45, 7) is 0. The Bertz CT molecular complexity index is 333. The monoisotopic (exact) mass is 178 g/mol. The smallest absolute Gasteiger partial charge is 0.136 e. The van der Waals surface area contributed by atoms with E-state index in [1.165, 1.54) is 31.4 Å². The summed E-state index contributed by atoms with van der Waals surface area (Å²) in [5.74, 6) is 0. The molecule has 2 heterocycles. The van der Waals surface area contributed by atoms with Crippen LogP contribution in [0.3, 0.4) is 0 Å². The number of fused-ring (bicyclic) bond motifs is 1. The Morgan fingerprint density at radius 1 is 1.62 bits per heavy atom. The van der Waals surface area contributed by atoms with Crippen LogP contribution in [0.1, 0.15) is 31.4 Å². The van der Waals surface area contributed by atoms with E-state index in [0.29, 0.717) is 6.10 Å². The van der Waals surface area contributed by atoms with Crippen molar-refractivity contribution >= 4 is 0 Å². The highest BCUT2D eigenvalue weighted by Gasteiger charge is 2.59. The highest BCUT2D eigenvalue weighted by molar-refractivity contribution is 5.23. The summed E-state index contributed by atoms with van der Waals surface area (Å²) in [5, 5.41) is 4.20. The van der Waals surface area contributed by atoms with Gasteiger partial charge in [0, 0.05) is 13.2 Å². The number of epoxide rings is 1. The van der Waals surface area contributed by atoms with E-state index in [0.717, 1.165) is 0 Å². The van der Waals surface area contributed by atoms with Crippen molar-refractivity contribution in [1.82, 2.24) is 9.78 Å². The van der Waals surface area contributed by atoms with Gasteiger partial charge in [-0.25, -0.2) is 0 Å². The summed E-state index contributed by atoms with van der Waals surface area (Å²) in [5.41, 5.74) is 1.32. The fourth-order valence-corrected chi connectivity index (χ4v) is 2.59. The molecule has 0 radical (unpaired) electrons. The largest absolute Gasteiger partial charge is 0.359 e. The molecule has 13 heavy (non-hydrogen) atoms. The van der Waals surface area contributed by atoms with Crippen molar-refractivity contribution in [3.63, 3.8) is 0 Å². The first-order chi connectivity index (χ1) is 6.33. The maximum Gasteiger partial charge on any atom is 0.136 e. The third-order valence-corrected chi connectivity index (χ3v) is 3.33. The van der Waals surface area contributed by atoms with Gasteiger partial charge in [-0.05, 0) is 25.3 Å². The van der Waals surface area contributed by atoms with Crippen molar-refractivity contribution in [1.29, 1.82) is 0 Å². The molecule has 1 saturated heterocycles. The third kappa shape index (κ3) is 0.908. The second kappa shape index (κ2) is 2.35. The molecular weight excluding hydrogens is 164 g/mol. The van der Waals surface area contributed by atoms with Crippen LogP contribution in [-0.2, 0) is 17.4 Å². The number of rotatable bonds is 1. The van der Waals surface area contributed by atoms with E-state index in [1.54, 1.807) is 0 Å². The predicted octanol–water partition coefficient (Wildman–Crippen LogP) is 1.59. The summed E-state index contributed by atoms with van der Waals surface area (Å²) in [7, 11) is 2.00. The first-order valence-electron chi connectivity index (χ1n) is 4.99. The second-order valence-electron chi connectivity index (χ2n) is 4.08. The number of aromatic nitrogens is 2. The number of aryl methyl sites for hydroxylation is 1. The van der Waals surface area contributed by atoms with Crippen molar-refractivity contribution in [3.8, 4) is 0 Å². The Kier molecular flexibility index (Phi) is 1.37. The van der Waals surface area contributed by atoms with Crippen LogP contribution in [0.15, 0.2) is 12.3 Å². The van der Waals surface area contributed by atoms with Crippen LogP contribution >= 0.6 is 0 Å². The molecule has 0 aromatic carbocycles. The maximum absolute atomic E-state index is 5.83. The number of hydrogen-bond donors (Lipinski definition) is 0.